The second-order valence-corrected chi connectivity index (χ2v) is 8.42. The van der Waals surface area contributed by atoms with Gasteiger partial charge < -0.3 is 23.6 Å². The van der Waals surface area contributed by atoms with Gasteiger partial charge in [0.15, 0.2) is 28.6 Å². The molecule has 9 heteroatoms. The van der Waals surface area contributed by atoms with Crippen molar-refractivity contribution in [2.45, 2.75) is 30.4 Å². The lowest BCUT2D eigenvalue weighted by atomic mass is 10.1. The van der Waals surface area contributed by atoms with Crippen LogP contribution in [0.1, 0.15) is 30.0 Å². The van der Waals surface area contributed by atoms with Crippen LogP contribution in [-0.2, 0) is 19.2 Å². The van der Waals surface area contributed by atoms with Gasteiger partial charge >= 0.3 is 5.63 Å². The van der Waals surface area contributed by atoms with Crippen LogP contribution in [0.3, 0.4) is 0 Å². The molecule has 0 spiro atoms. The third-order valence-corrected chi connectivity index (χ3v) is 6.50. The Morgan fingerprint density at radius 3 is 2.78 bits per heavy atom. The van der Waals surface area contributed by atoms with Gasteiger partial charge in [-0.1, -0.05) is 30.8 Å². The summed E-state index contributed by atoms with van der Waals surface area (Å²) in [7, 11) is 1.88. The van der Waals surface area contributed by atoms with Gasteiger partial charge in [-0.25, -0.2) is 4.79 Å². The summed E-state index contributed by atoms with van der Waals surface area (Å²) < 4.78 is 19.0. The number of fused-ring (bicyclic) bond motifs is 2. The van der Waals surface area contributed by atoms with E-state index in [-0.39, 0.29) is 11.9 Å². The largest absolute Gasteiger partial charge is 0.508 e. The molecule has 0 unspecified atom stereocenters. The van der Waals surface area contributed by atoms with E-state index in [1.54, 1.807) is 0 Å². The molecule has 32 heavy (non-hydrogen) atoms. The van der Waals surface area contributed by atoms with Crippen LogP contribution in [0.2, 0.25) is 0 Å². The van der Waals surface area contributed by atoms with Crippen LogP contribution in [0, 0.1) is 0 Å². The molecule has 1 N–H and O–H groups in total. The van der Waals surface area contributed by atoms with Gasteiger partial charge in [0, 0.05) is 30.3 Å². The standard InChI is InChI=1S/C23H21N3O5S/c1-3-13-8-15-14(9-21(28)31-19(15)10-16(13)27)12-32-23-25-24-22(26(23)2)20-11-29-17-6-4-5-7-18(17)30-20/h4-10,20,27H,3,11-12H2,1-2H3/t20-/m0/s1. The Hall–Kier alpha value is -3.46. The number of phenolic OH excluding ortho intramolecular Hbond substituents is 1. The number of aromatic nitrogens is 3. The quantitative estimate of drug-likeness (QED) is 0.359. The smallest absolute Gasteiger partial charge is 0.336 e. The van der Waals surface area contributed by atoms with Crippen LogP contribution < -0.4 is 15.1 Å². The highest BCUT2D eigenvalue weighted by Crippen LogP contribution is 2.36. The monoisotopic (exact) mass is 451 g/mol. The van der Waals surface area contributed by atoms with Gasteiger partial charge in [-0.15, -0.1) is 10.2 Å². The van der Waals surface area contributed by atoms with E-state index < -0.39 is 5.63 Å². The maximum atomic E-state index is 12.0. The number of ether oxygens (including phenoxy) is 2. The highest BCUT2D eigenvalue weighted by Gasteiger charge is 2.27. The van der Waals surface area contributed by atoms with E-state index in [4.69, 9.17) is 13.9 Å². The van der Waals surface area contributed by atoms with Gasteiger partial charge in [0.05, 0.1) is 0 Å². The molecule has 3 heterocycles. The lowest BCUT2D eigenvalue weighted by Gasteiger charge is -2.25. The van der Waals surface area contributed by atoms with Crippen molar-refractivity contribution in [3.8, 4) is 17.2 Å². The first-order valence-electron chi connectivity index (χ1n) is 10.2. The molecule has 0 amide bonds. The van der Waals surface area contributed by atoms with Crippen molar-refractivity contribution < 1.29 is 19.0 Å². The van der Waals surface area contributed by atoms with Crippen LogP contribution in [0.4, 0.5) is 0 Å². The number of para-hydroxylation sites is 2. The number of benzene rings is 2. The molecule has 164 valence electrons. The van der Waals surface area contributed by atoms with E-state index in [2.05, 4.69) is 10.2 Å². The molecule has 2 aromatic heterocycles. The number of thioether (sulfide) groups is 1. The van der Waals surface area contributed by atoms with Crippen molar-refractivity contribution in [1.29, 1.82) is 0 Å². The van der Waals surface area contributed by atoms with Gasteiger partial charge in [0.25, 0.3) is 0 Å². The van der Waals surface area contributed by atoms with Crippen LogP contribution in [0.25, 0.3) is 11.0 Å². The van der Waals surface area contributed by atoms with Crippen LogP contribution in [0.5, 0.6) is 17.2 Å². The Morgan fingerprint density at radius 2 is 1.97 bits per heavy atom. The number of rotatable bonds is 5. The van der Waals surface area contributed by atoms with E-state index >= 15 is 0 Å². The first-order valence-corrected chi connectivity index (χ1v) is 11.2. The van der Waals surface area contributed by atoms with Crippen molar-refractivity contribution in [1.82, 2.24) is 14.8 Å². The Labute approximate surface area is 187 Å². The zero-order chi connectivity index (χ0) is 22.2. The Kier molecular flexibility index (Phi) is 5.26. The maximum absolute atomic E-state index is 12.0. The van der Waals surface area contributed by atoms with E-state index in [0.29, 0.717) is 46.8 Å². The van der Waals surface area contributed by atoms with Crippen molar-refractivity contribution in [3.63, 3.8) is 0 Å². The zero-order valence-corrected chi connectivity index (χ0v) is 18.4. The molecule has 0 saturated heterocycles. The van der Waals surface area contributed by atoms with Gasteiger partial charge in [-0.2, -0.15) is 0 Å². The molecular weight excluding hydrogens is 430 g/mol. The molecule has 0 radical (unpaired) electrons. The SMILES string of the molecule is CCc1cc2c(CSc3nnc([C@@H]4COc5ccccc5O4)n3C)cc(=O)oc2cc1O. The molecular formula is C23H21N3O5S. The summed E-state index contributed by atoms with van der Waals surface area (Å²) in [6.45, 7) is 2.31. The fourth-order valence-corrected chi connectivity index (χ4v) is 4.64. The molecule has 0 bridgehead atoms. The maximum Gasteiger partial charge on any atom is 0.336 e. The molecule has 1 aliphatic heterocycles. The zero-order valence-electron chi connectivity index (χ0n) is 17.6. The summed E-state index contributed by atoms with van der Waals surface area (Å²) in [5.41, 5.74) is 1.52. The summed E-state index contributed by atoms with van der Waals surface area (Å²) in [4.78, 5) is 12.0. The second-order valence-electron chi connectivity index (χ2n) is 7.47. The van der Waals surface area contributed by atoms with E-state index in [1.165, 1.54) is 23.9 Å². The van der Waals surface area contributed by atoms with Crippen molar-refractivity contribution in [2.24, 2.45) is 7.05 Å². The Balaban J connectivity index is 1.39. The lowest BCUT2D eigenvalue weighted by Crippen LogP contribution is -2.24. The van der Waals surface area contributed by atoms with Gasteiger partial charge in [-0.05, 0) is 35.7 Å². The normalized spacial score (nSPS) is 15.2. The average molecular weight is 452 g/mol. The van der Waals surface area contributed by atoms with Crippen LogP contribution in [0.15, 0.2) is 56.8 Å². The second kappa shape index (κ2) is 8.23. The lowest BCUT2D eigenvalue weighted by molar-refractivity contribution is 0.0825. The van der Waals surface area contributed by atoms with Crippen LogP contribution >= 0.6 is 11.8 Å². The molecule has 0 saturated carbocycles. The van der Waals surface area contributed by atoms with Crippen molar-refractivity contribution >= 4 is 22.7 Å². The van der Waals surface area contributed by atoms with Crippen LogP contribution in [-0.4, -0.2) is 26.5 Å². The average Bonchev–Trinajstić information content (AvgIpc) is 3.16. The highest BCUT2D eigenvalue weighted by atomic mass is 32.2. The Morgan fingerprint density at radius 1 is 1.16 bits per heavy atom. The van der Waals surface area contributed by atoms with Gasteiger partial charge in [0.1, 0.15) is 17.9 Å². The summed E-state index contributed by atoms with van der Waals surface area (Å²) in [5, 5.41) is 20.2. The summed E-state index contributed by atoms with van der Waals surface area (Å²) in [5.74, 6) is 2.68. The first-order chi connectivity index (χ1) is 15.5. The predicted molar refractivity (Wildman–Crippen MR) is 119 cm³/mol. The van der Waals surface area contributed by atoms with E-state index in [0.717, 1.165) is 16.5 Å². The topological polar surface area (TPSA) is 99.6 Å². The molecule has 2 aromatic carbocycles. The summed E-state index contributed by atoms with van der Waals surface area (Å²) in [6, 6.07) is 12.4. The minimum atomic E-state index is -0.457. The minimum Gasteiger partial charge on any atom is -0.508 e. The number of aryl methyl sites for hydroxylation is 1. The number of phenols is 1. The summed E-state index contributed by atoms with van der Waals surface area (Å²) in [6.07, 6.45) is 0.309. The number of aromatic hydroxyl groups is 1. The molecule has 5 rings (SSSR count). The number of hydrogen-bond acceptors (Lipinski definition) is 8. The van der Waals surface area contributed by atoms with E-state index in [1.807, 2.05) is 48.9 Å². The molecule has 1 atom stereocenters. The third-order valence-electron chi connectivity index (χ3n) is 5.43. The minimum absolute atomic E-state index is 0.127. The molecule has 0 fully saturated rings. The van der Waals surface area contributed by atoms with E-state index in [9.17, 15) is 9.90 Å². The Bertz CT molecular complexity index is 1360. The third kappa shape index (κ3) is 3.69. The fraction of sp³-hybridized carbons (Fsp3) is 0.261. The molecule has 8 nitrogen and oxygen atoms in total. The fourth-order valence-electron chi connectivity index (χ4n) is 3.73. The number of hydrogen-bond donors (Lipinski definition) is 1. The van der Waals surface area contributed by atoms with Crippen molar-refractivity contribution in [2.75, 3.05) is 6.61 Å². The first kappa shape index (κ1) is 20.4. The summed E-state index contributed by atoms with van der Waals surface area (Å²) >= 11 is 1.46. The van der Waals surface area contributed by atoms with Crippen molar-refractivity contribution in [3.05, 3.63) is 69.8 Å². The van der Waals surface area contributed by atoms with Gasteiger partial charge in [-0.3, -0.25) is 0 Å². The molecule has 0 aliphatic carbocycles. The number of nitrogens with zero attached hydrogens (tertiary/aromatic N) is 3. The highest BCUT2D eigenvalue weighted by molar-refractivity contribution is 7.98. The predicted octanol–water partition coefficient (Wildman–Crippen LogP) is 3.99. The molecule has 1 aliphatic rings. The molecule has 4 aromatic rings. The van der Waals surface area contributed by atoms with Gasteiger partial charge in [0.2, 0.25) is 0 Å².